The van der Waals surface area contributed by atoms with Crippen LogP contribution in [0.15, 0.2) is 71.5 Å². The van der Waals surface area contributed by atoms with Gasteiger partial charge in [-0.3, -0.25) is 0 Å². The minimum absolute atomic E-state index is 0.146. The van der Waals surface area contributed by atoms with Crippen molar-refractivity contribution in [3.8, 4) is 5.69 Å². The average Bonchev–Trinajstić information content (AvgIpc) is 3.25. The van der Waals surface area contributed by atoms with Gasteiger partial charge in [-0.25, -0.2) is 4.39 Å². The molecule has 1 aliphatic rings. The molecular weight excluding hydrogens is 371 g/mol. The molecule has 0 saturated carbocycles. The first-order chi connectivity index (χ1) is 11.7. The Hall–Kier alpha value is -2.11. The third-order valence-corrected chi connectivity index (χ3v) is 4.70. The average molecular weight is 387 g/mol. The maximum Gasteiger partial charge on any atom is 0.158 e. The van der Waals surface area contributed by atoms with E-state index in [1.807, 2.05) is 18.3 Å². The molecule has 2 heterocycles. The highest BCUT2D eigenvalue weighted by Crippen LogP contribution is 2.32. The summed E-state index contributed by atoms with van der Waals surface area (Å²) in [4.78, 5) is 2.15. The fraction of sp³-hybridized carbons (Fsp3) is 0.158. The Labute approximate surface area is 148 Å². The first-order valence-corrected chi connectivity index (χ1v) is 8.58. The van der Waals surface area contributed by atoms with Gasteiger partial charge in [0.2, 0.25) is 0 Å². The van der Waals surface area contributed by atoms with Gasteiger partial charge in [-0.15, -0.1) is 0 Å². The van der Waals surface area contributed by atoms with Gasteiger partial charge in [0.1, 0.15) is 5.82 Å². The third kappa shape index (κ3) is 2.97. The number of halogens is 2. The summed E-state index contributed by atoms with van der Waals surface area (Å²) in [6.45, 7) is 1.45. The lowest BCUT2D eigenvalue weighted by Crippen LogP contribution is -2.22. The maximum atomic E-state index is 13.2. The van der Waals surface area contributed by atoms with Crippen LogP contribution in [0.1, 0.15) is 11.8 Å². The minimum atomic E-state index is -0.225. The summed E-state index contributed by atoms with van der Waals surface area (Å²) < 4.78 is 22.2. The van der Waals surface area contributed by atoms with Crippen LogP contribution in [0.4, 0.5) is 10.1 Å². The summed E-state index contributed by atoms with van der Waals surface area (Å²) in [5, 5.41) is 0. The molecule has 0 aliphatic carbocycles. The Kier molecular flexibility index (Phi) is 4.12. The van der Waals surface area contributed by atoms with Crippen LogP contribution in [0.25, 0.3) is 5.69 Å². The van der Waals surface area contributed by atoms with Gasteiger partial charge in [0, 0.05) is 40.3 Å². The van der Waals surface area contributed by atoms with Gasteiger partial charge in [-0.1, -0.05) is 15.9 Å². The standard InChI is InChI=1S/C19H16BrFN2O/c20-15-1-5-17(6-2-15)22-10-9-14(13-22)19-23(11-12-24-19)18-7-3-16(21)4-8-18/h1-10,13,19H,11-12H2/t19-/m1/s1. The summed E-state index contributed by atoms with van der Waals surface area (Å²) in [5.41, 5.74) is 3.14. The molecule has 122 valence electrons. The molecule has 1 aromatic heterocycles. The fourth-order valence-electron chi connectivity index (χ4n) is 2.98. The Balaban J connectivity index is 1.61. The summed E-state index contributed by atoms with van der Waals surface area (Å²) >= 11 is 3.45. The predicted octanol–water partition coefficient (Wildman–Crippen LogP) is 4.91. The summed E-state index contributed by atoms with van der Waals surface area (Å²) in [5.74, 6) is -0.225. The van der Waals surface area contributed by atoms with E-state index in [-0.39, 0.29) is 12.0 Å². The summed E-state index contributed by atoms with van der Waals surface area (Å²) in [6, 6.07) is 16.8. The second kappa shape index (κ2) is 6.42. The Morgan fingerprint density at radius 3 is 2.42 bits per heavy atom. The van der Waals surface area contributed by atoms with Crippen molar-refractivity contribution in [2.45, 2.75) is 6.23 Å². The molecule has 0 N–H and O–H groups in total. The first kappa shape index (κ1) is 15.4. The van der Waals surface area contributed by atoms with Crippen LogP contribution in [0.5, 0.6) is 0 Å². The van der Waals surface area contributed by atoms with Crippen LogP contribution in [-0.2, 0) is 4.74 Å². The van der Waals surface area contributed by atoms with E-state index in [4.69, 9.17) is 4.74 Å². The molecule has 1 fully saturated rings. The number of rotatable bonds is 3. The van der Waals surface area contributed by atoms with Crippen LogP contribution in [0, 0.1) is 5.82 Å². The number of nitrogens with zero attached hydrogens (tertiary/aromatic N) is 2. The van der Waals surface area contributed by atoms with Gasteiger partial charge in [0.05, 0.1) is 6.61 Å². The number of ether oxygens (including phenoxy) is 1. The first-order valence-electron chi connectivity index (χ1n) is 7.78. The van der Waals surface area contributed by atoms with Gasteiger partial charge in [0.15, 0.2) is 6.23 Å². The van der Waals surface area contributed by atoms with Gasteiger partial charge < -0.3 is 14.2 Å². The Morgan fingerprint density at radius 2 is 1.67 bits per heavy atom. The van der Waals surface area contributed by atoms with Crippen molar-refractivity contribution in [1.82, 2.24) is 4.57 Å². The highest BCUT2D eigenvalue weighted by Gasteiger charge is 2.27. The quantitative estimate of drug-likeness (QED) is 0.635. The highest BCUT2D eigenvalue weighted by atomic mass is 79.9. The van der Waals surface area contributed by atoms with Crippen LogP contribution in [-0.4, -0.2) is 17.7 Å². The fourth-order valence-corrected chi connectivity index (χ4v) is 3.24. The molecule has 0 spiro atoms. The van der Waals surface area contributed by atoms with E-state index in [2.05, 4.69) is 49.8 Å². The van der Waals surface area contributed by atoms with Crippen LogP contribution >= 0.6 is 15.9 Å². The second-order valence-electron chi connectivity index (χ2n) is 5.72. The summed E-state index contributed by atoms with van der Waals surface area (Å²) in [6.07, 6.45) is 3.96. The lowest BCUT2D eigenvalue weighted by Gasteiger charge is -2.24. The van der Waals surface area contributed by atoms with Crippen LogP contribution in [0.2, 0.25) is 0 Å². The zero-order valence-electron chi connectivity index (χ0n) is 12.9. The molecule has 0 bridgehead atoms. The predicted molar refractivity (Wildman–Crippen MR) is 95.9 cm³/mol. The summed E-state index contributed by atoms with van der Waals surface area (Å²) in [7, 11) is 0. The zero-order chi connectivity index (χ0) is 16.5. The monoisotopic (exact) mass is 386 g/mol. The molecule has 4 rings (SSSR count). The van der Waals surface area contributed by atoms with Gasteiger partial charge in [-0.05, 0) is 54.6 Å². The van der Waals surface area contributed by atoms with Gasteiger partial charge in [-0.2, -0.15) is 0 Å². The molecule has 5 heteroatoms. The Morgan fingerprint density at radius 1 is 0.958 bits per heavy atom. The van der Waals surface area contributed by atoms with Gasteiger partial charge >= 0.3 is 0 Å². The van der Waals surface area contributed by atoms with E-state index in [0.29, 0.717) is 6.61 Å². The van der Waals surface area contributed by atoms with Crippen molar-refractivity contribution >= 4 is 21.6 Å². The molecule has 1 atom stereocenters. The Bertz CT molecular complexity index is 829. The van der Waals surface area contributed by atoms with E-state index in [1.165, 1.54) is 12.1 Å². The number of hydrogen-bond acceptors (Lipinski definition) is 2. The van der Waals surface area contributed by atoms with E-state index in [9.17, 15) is 4.39 Å². The smallest absolute Gasteiger partial charge is 0.158 e. The number of benzene rings is 2. The lowest BCUT2D eigenvalue weighted by atomic mass is 10.2. The third-order valence-electron chi connectivity index (χ3n) is 4.17. The van der Waals surface area contributed by atoms with Gasteiger partial charge in [0.25, 0.3) is 0 Å². The highest BCUT2D eigenvalue weighted by molar-refractivity contribution is 9.10. The topological polar surface area (TPSA) is 17.4 Å². The lowest BCUT2D eigenvalue weighted by molar-refractivity contribution is 0.114. The molecule has 2 aromatic carbocycles. The van der Waals surface area contributed by atoms with E-state index in [1.54, 1.807) is 12.1 Å². The maximum absolute atomic E-state index is 13.2. The van der Waals surface area contributed by atoms with Crippen molar-refractivity contribution in [3.05, 3.63) is 82.8 Å². The zero-order valence-corrected chi connectivity index (χ0v) is 14.5. The molecule has 1 aliphatic heterocycles. The molecule has 3 aromatic rings. The molecule has 24 heavy (non-hydrogen) atoms. The normalized spacial score (nSPS) is 17.4. The number of aromatic nitrogens is 1. The molecule has 0 radical (unpaired) electrons. The molecular formula is C19H16BrFN2O. The second-order valence-corrected chi connectivity index (χ2v) is 6.64. The van der Waals surface area contributed by atoms with E-state index < -0.39 is 0 Å². The number of hydrogen-bond donors (Lipinski definition) is 0. The van der Waals surface area contributed by atoms with Crippen LogP contribution < -0.4 is 4.90 Å². The van der Waals surface area contributed by atoms with Crippen molar-refractivity contribution < 1.29 is 9.13 Å². The van der Waals surface area contributed by atoms with Crippen molar-refractivity contribution in [2.75, 3.05) is 18.1 Å². The van der Waals surface area contributed by atoms with E-state index in [0.717, 1.165) is 28.0 Å². The largest absolute Gasteiger partial charge is 0.352 e. The molecule has 0 amide bonds. The SMILES string of the molecule is Fc1ccc(N2CCO[C@@H]2c2ccn(-c3ccc(Br)cc3)c2)cc1. The van der Waals surface area contributed by atoms with Crippen molar-refractivity contribution in [2.24, 2.45) is 0 Å². The van der Waals surface area contributed by atoms with Crippen molar-refractivity contribution in [1.29, 1.82) is 0 Å². The van der Waals surface area contributed by atoms with Crippen LogP contribution in [0.3, 0.4) is 0 Å². The molecule has 3 nitrogen and oxygen atoms in total. The van der Waals surface area contributed by atoms with E-state index >= 15 is 0 Å². The molecule has 0 unspecified atom stereocenters. The minimum Gasteiger partial charge on any atom is -0.352 e. The number of anilines is 1. The van der Waals surface area contributed by atoms with Crippen molar-refractivity contribution in [3.63, 3.8) is 0 Å². The molecule has 1 saturated heterocycles.